The van der Waals surface area contributed by atoms with Crippen LogP contribution in [0.5, 0.6) is 0 Å². The number of para-hydroxylation sites is 1. The molecule has 0 unspecified atom stereocenters. The SMILES string of the molecule is O=[N+]([O-])c1ccccc1S(=O)(=O)N1CCC(c2nc(-c3ccccc3)no2)CC1. The van der Waals surface area contributed by atoms with Gasteiger partial charge >= 0.3 is 0 Å². The first-order valence-electron chi connectivity index (χ1n) is 9.09. The van der Waals surface area contributed by atoms with E-state index in [1.54, 1.807) is 0 Å². The van der Waals surface area contributed by atoms with Crippen LogP contribution in [0.3, 0.4) is 0 Å². The van der Waals surface area contributed by atoms with Crippen molar-refractivity contribution in [1.29, 1.82) is 0 Å². The molecule has 0 aliphatic carbocycles. The Balaban J connectivity index is 1.49. The van der Waals surface area contributed by atoms with E-state index in [-0.39, 0.29) is 23.9 Å². The Hall–Kier alpha value is -3.11. The summed E-state index contributed by atoms with van der Waals surface area (Å²) in [6, 6.07) is 14.8. The van der Waals surface area contributed by atoms with E-state index in [1.165, 1.54) is 28.6 Å². The van der Waals surface area contributed by atoms with Crippen molar-refractivity contribution in [2.45, 2.75) is 23.7 Å². The van der Waals surface area contributed by atoms with Gasteiger partial charge in [-0.3, -0.25) is 10.1 Å². The van der Waals surface area contributed by atoms with Gasteiger partial charge < -0.3 is 4.52 Å². The second-order valence-electron chi connectivity index (χ2n) is 6.73. The number of aromatic nitrogens is 2. The molecule has 0 N–H and O–H groups in total. The summed E-state index contributed by atoms with van der Waals surface area (Å²) in [5.41, 5.74) is 0.429. The summed E-state index contributed by atoms with van der Waals surface area (Å²) in [4.78, 5) is 14.7. The van der Waals surface area contributed by atoms with Crippen molar-refractivity contribution in [2.24, 2.45) is 0 Å². The number of nitrogens with zero attached hydrogens (tertiary/aromatic N) is 4. The van der Waals surface area contributed by atoms with Crippen molar-refractivity contribution in [3.63, 3.8) is 0 Å². The van der Waals surface area contributed by atoms with Crippen LogP contribution < -0.4 is 0 Å². The maximum atomic E-state index is 12.9. The Morgan fingerprint density at radius 3 is 2.38 bits per heavy atom. The first kappa shape index (κ1) is 19.2. The second kappa shape index (κ2) is 7.72. The fourth-order valence-electron chi connectivity index (χ4n) is 3.41. The highest BCUT2D eigenvalue weighted by Gasteiger charge is 2.35. The van der Waals surface area contributed by atoms with E-state index in [1.807, 2.05) is 30.3 Å². The minimum absolute atomic E-state index is 0.0582. The van der Waals surface area contributed by atoms with E-state index < -0.39 is 20.6 Å². The molecule has 2 heterocycles. The molecule has 1 aliphatic heterocycles. The highest BCUT2D eigenvalue weighted by Crippen LogP contribution is 2.33. The van der Waals surface area contributed by atoms with E-state index in [9.17, 15) is 18.5 Å². The lowest BCUT2D eigenvalue weighted by atomic mass is 9.98. The number of hydrogen-bond acceptors (Lipinski definition) is 7. The average molecular weight is 414 g/mol. The quantitative estimate of drug-likeness (QED) is 0.464. The van der Waals surface area contributed by atoms with E-state index >= 15 is 0 Å². The van der Waals surface area contributed by atoms with Crippen LogP contribution in [-0.4, -0.2) is 40.9 Å². The van der Waals surface area contributed by atoms with Gasteiger partial charge in [-0.15, -0.1) is 0 Å². The van der Waals surface area contributed by atoms with E-state index in [4.69, 9.17) is 4.52 Å². The van der Waals surface area contributed by atoms with Crippen LogP contribution in [0.1, 0.15) is 24.7 Å². The summed E-state index contributed by atoms with van der Waals surface area (Å²) in [6.45, 7) is 0.449. The first-order chi connectivity index (χ1) is 14.0. The van der Waals surface area contributed by atoms with Crippen molar-refractivity contribution >= 4 is 15.7 Å². The van der Waals surface area contributed by atoms with Gasteiger partial charge in [0.1, 0.15) is 0 Å². The lowest BCUT2D eigenvalue weighted by molar-refractivity contribution is -0.387. The zero-order valence-electron chi connectivity index (χ0n) is 15.3. The van der Waals surface area contributed by atoms with Gasteiger partial charge in [-0.05, 0) is 18.9 Å². The van der Waals surface area contributed by atoms with Crippen LogP contribution >= 0.6 is 0 Å². The molecule has 0 bridgehead atoms. The standard InChI is InChI=1S/C19H18N4O5S/c24-23(25)16-8-4-5-9-17(16)29(26,27)22-12-10-15(11-13-22)19-20-18(21-28-19)14-6-2-1-3-7-14/h1-9,15H,10-13H2. The van der Waals surface area contributed by atoms with E-state index in [0.717, 1.165) is 5.56 Å². The molecule has 0 atom stereocenters. The monoisotopic (exact) mass is 414 g/mol. The van der Waals surface area contributed by atoms with E-state index in [0.29, 0.717) is 24.6 Å². The molecule has 0 spiro atoms. The van der Waals surface area contributed by atoms with Crippen LogP contribution in [0.2, 0.25) is 0 Å². The summed E-state index contributed by atoms with van der Waals surface area (Å²) in [5.74, 6) is 0.916. The molecule has 9 nitrogen and oxygen atoms in total. The van der Waals surface area contributed by atoms with Gasteiger partial charge in [0.05, 0.1) is 4.92 Å². The van der Waals surface area contributed by atoms with Crippen LogP contribution in [0.15, 0.2) is 64.0 Å². The molecule has 29 heavy (non-hydrogen) atoms. The fraction of sp³-hybridized carbons (Fsp3) is 0.263. The molecule has 4 rings (SSSR count). The average Bonchev–Trinajstić information content (AvgIpc) is 3.25. The summed E-state index contributed by atoms with van der Waals surface area (Å²) in [6.07, 6.45) is 0.993. The smallest absolute Gasteiger partial charge is 0.289 e. The summed E-state index contributed by atoms with van der Waals surface area (Å²) in [7, 11) is -3.96. The molecule has 1 aromatic heterocycles. The Morgan fingerprint density at radius 2 is 1.69 bits per heavy atom. The molecule has 0 amide bonds. The predicted molar refractivity (Wildman–Crippen MR) is 104 cm³/mol. The number of benzene rings is 2. The number of sulfonamides is 1. The maximum Gasteiger partial charge on any atom is 0.289 e. The van der Waals surface area contributed by atoms with Crippen LogP contribution in [0, 0.1) is 10.1 Å². The third kappa shape index (κ3) is 3.76. The van der Waals surface area contributed by atoms with Crippen molar-refractivity contribution < 1.29 is 17.9 Å². The number of nitro groups is 1. The highest BCUT2D eigenvalue weighted by molar-refractivity contribution is 7.89. The molecule has 0 radical (unpaired) electrons. The van der Waals surface area contributed by atoms with Gasteiger partial charge in [0, 0.05) is 30.6 Å². The van der Waals surface area contributed by atoms with Crippen LogP contribution in [0.25, 0.3) is 11.4 Å². The van der Waals surface area contributed by atoms with Crippen molar-refractivity contribution in [3.05, 3.63) is 70.6 Å². The number of piperidine rings is 1. The Morgan fingerprint density at radius 1 is 1.03 bits per heavy atom. The lowest BCUT2D eigenvalue weighted by Crippen LogP contribution is -2.38. The van der Waals surface area contributed by atoms with Gasteiger partial charge in [-0.25, -0.2) is 8.42 Å². The minimum atomic E-state index is -3.96. The Bertz CT molecular complexity index is 1120. The number of rotatable bonds is 5. The largest absolute Gasteiger partial charge is 0.339 e. The molecule has 10 heteroatoms. The van der Waals surface area contributed by atoms with Gasteiger partial charge in [0.2, 0.25) is 21.7 Å². The van der Waals surface area contributed by atoms with Crippen molar-refractivity contribution in [2.75, 3.05) is 13.1 Å². The van der Waals surface area contributed by atoms with Gasteiger partial charge in [0.25, 0.3) is 5.69 Å². The third-order valence-electron chi connectivity index (χ3n) is 4.96. The molecule has 3 aromatic rings. The summed E-state index contributed by atoms with van der Waals surface area (Å²) in [5, 5.41) is 15.2. The molecule has 1 saturated heterocycles. The Kier molecular flexibility index (Phi) is 5.12. The number of hydrogen-bond donors (Lipinski definition) is 0. The fourth-order valence-corrected chi connectivity index (χ4v) is 5.04. The molecule has 1 aliphatic rings. The zero-order chi connectivity index (χ0) is 20.4. The zero-order valence-corrected chi connectivity index (χ0v) is 16.2. The molecular weight excluding hydrogens is 396 g/mol. The second-order valence-corrected chi connectivity index (χ2v) is 8.63. The lowest BCUT2D eigenvalue weighted by Gasteiger charge is -2.29. The summed E-state index contributed by atoms with van der Waals surface area (Å²) < 4.78 is 32.5. The van der Waals surface area contributed by atoms with Gasteiger partial charge in [-0.2, -0.15) is 9.29 Å². The van der Waals surface area contributed by atoms with Gasteiger partial charge in [0.15, 0.2) is 4.90 Å². The van der Waals surface area contributed by atoms with E-state index in [2.05, 4.69) is 10.1 Å². The van der Waals surface area contributed by atoms with Crippen molar-refractivity contribution in [1.82, 2.24) is 14.4 Å². The predicted octanol–water partition coefficient (Wildman–Crippen LogP) is 3.21. The molecule has 1 fully saturated rings. The highest BCUT2D eigenvalue weighted by atomic mass is 32.2. The molecular formula is C19H18N4O5S. The molecule has 0 saturated carbocycles. The van der Waals surface area contributed by atoms with Crippen LogP contribution in [-0.2, 0) is 10.0 Å². The Labute approximate surface area is 167 Å². The number of nitro benzene ring substituents is 1. The topological polar surface area (TPSA) is 119 Å². The van der Waals surface area contributed by atoms with Crippen molar-refractivity contribution in [3.8, 4) is 11.4 Å². The molecule has 2 aromatic carbocycles. The maximum absolute atomic E-state index is 12.9. The summed E-state index contributed by atoms with van der Waals surface area (Å²) >= 11 is 0. The first-order valence-corrected chi connectivity index (χ1v) is 10.5. The minimum Gasteiger partial charge on any atom is -0.339 e. The van der Waals surface area contributed by atoms with Gasteiger partial charge in [-0.1, -0.05) is 47.6 Å². The molecule has 150 valence electrons. The third-order valence-corrected chi connectivity index (χ3v) is 6.90. The normalized spacial score (nSPS) is 16.0. The van der Waals surface area contributed by atoms with Crippen LogP contribution in [0.4, 0.5) is 5.69 Å².